The van der Waals surface area contributed by atoms with Crippen LogP contribution in [0.4, 0.5) is 0 Å². The first-order valence-electron chi connectivity index (χ1n) is 4.44. The first-order chi connectivity index (χ1) is 5.61. The van der Waals surface area contributed by atoms with E-state index in [-0.39, 0.29) is 18.3 Å². The molecule has 3 atom stereocenters. The Balaban J connectivity index is 3.59. The van der Waals surface area contributed by atoms with Gasteiger partial charge in [0.1, 0.15) is 0 Å². The molecule has 0 aliphatic rings. The Hall–Kier alpha value is -0.120. The molecule has 0 heterocycles. The Morgan fingerprint density at radius 1 is 1.33 bits per heavy atom. The molecule has 0 radical (unpaired) electrons. The van der Waals surface area contributed by atoms with Gasteiger partial charge in [-0.05, 0) is 20.3 Å². The topological polar surface area (TPSA) is 38.7 Å². The average Bonchev–Trinajstić information content (AvgIpc) is 2.03. The van der Waals surface area contributed by atoms with Crippen LogP contribution in [0.2, 0.25) is 0 Å². The van der Waals surface area contributed by atoms with Crippen molar-refractivity contribution >= 4 is 0 Å². The molecule has 0 spiro atoms. The zero-order valence-corrected chi connectivity index (χ0v) is 8.41. The van der Waals surface area contributed by atoms with Crippen LogP contribution in [0.5, 0.6) is 0 Å². The maximum Gasteiger partial charge on any atom is 0.0810 e. The predicted molar refractivity (Wildman–Crippen MR) is 48.2 cm³/mol. The number of hydrogen-bond acceptors (Lipinski definition) is 3. The quantitative estimate of drug-likeness (QED) is 0.661. The van der Waals surface area contributed by atoms with Gasteiger partial charge in [-0.3, -0.25) is 0 Å². The fourth-order valence-electron chi connectivity index (χ4n) is 1.06. The van der Waals surface area contributed by atoms with E-state index in [1.165, 1.54) is 0 Å². The lowest BCUT2D eigenvalue weighted by Gasteiger charge is -2.22. The van der Waals surface area contributed by atoms with Crippen LogP contribution in [0.1, 0.15) is 27.2 Å². The van der Waals surface area contributed by atoms with Crippen molar-refractivity contribution in [1.29, 1.82) is 0 Å². The van der Waals surface area contributed by atoms with Crippen molar-refractivity contribution in [3.63, 3.8) is 0 Å². The molecule has 3 nitrogen and oxygen atoms in total. The van der Waals surface area contributed by atoms with Gasteiger partial charge >= 0.3 is 0 Å². The van der Waals surface area contributed by atoms with Crippen molar-refractivity contribution in [2.75, 3.05) is 13.7 Å². The molecule has 0 saturated heterocycles. The van der Waals surface area contributed by atoms with Crippen molar-refractivity contribution in [3.8, 4) is 0 Å². The van der Waals surface area contributed by atoms with E-state index in [1.54, 1.807) is 7.11 Å². The lowest BCUT2D eigenvalue weighted by atomic mass is 10.2. The fraction of sp³-hybridized carbons (Fsp3) is 1.00. The lowest BCUT2D eigenvalue weighted by Crippen LogP contribution is -2.30. The number of aliphatic hydroxyl groups excluding tert-OH is 1. The molecule has 0 aromatic carbocycles. The highest BCUT2D eigenvalue weighted by atomic mass is 16.5. The van der Waals surface area contributed by atoms with Gasteiger partial charge in [0, 0.05) is 7.11 Å². The number of aliphatic hydroxyl groups is 1. The van der Waals surface area contributed by atoms with Crippen molar-refractivity contribution in [1.82, 2.24) is 0 Å². The zero-order valence-electron chi connectivity index (χ0n) is 8.41. The van der Waals surface area contributed by atoms with Gasteiger partial charge in [-0.1, -0.05) is 6.92 Å². The summed E-state index contributed by atoms with van der Waals surface area (Å²) in [5, 5.41) is 9.38. The molecule has 3 heteroatoms. The number of ether oxygens (including phenoxy) is 2. The minimum absolute atomic E-state index is 0.0474. The Bertz CT molecular complexity index is 106. The number of methoxy groups -OCH3 is 1. The summed E-state index contributed by atoms with van der Waals surface area (Å²) < 4.78 is 10.4. The first-order valence-corrected chi connectivity index (χ1v) is 4.44. The van der Waals surface area contributed by atoms with Crippen LogP contribution in [0.3, 0.4) is 0 Å². The molecule has 1 N–H and O–H groups in total. The molecule has 0 fully saturated rings. The van der Waals surface area contributed by atoms with Gasteiger partial charge in [0.05, 0.1) is 24.9 Å². The normalized spacial score (nSPS) is 18.8. The molecule has 0 rings (SSSR count). The van der Waals surface area contributed by atoms with Crippen molar-refractivity contribution in [3.05, 3.63) is 0 Å². The lowest BCUT2D eigenvalue weighted by molar-refractivity contribution is -0.0816. The van der Waals surface area contributed by atoms with Crippen molar-refractivity contribution < 1.29 is 14.6 Å². The van der Waals surface area contributed by atoms with Gasteiger partial charge in [-0.2, -0.15) is 0 Å². The van der Waals surface area contributed by atoms with E-state index < -0.39 is 0 Å². The van der Waals surface area contributed by atoms with E-state index >= 15 is 0 Å². The molecule has 0 aromatic heterocycles. The van der Waals surface area contributed by atoms with Gasteiger partial charge in [0.25, 0.3) is 0 Å². The largest absolute Gasteiger partial charge is 0.390 e. The van der Waals surface area contributed by atoms with Crippen LogP contribution >= 0.6 is 0 Å². The van der Waals surface area contributed by atoms with Gasteiger partial charge in [-0.25, -0.2) is 0 Å². The van der Waals surface area contributed by atoms with E-state index in [2.05, 4.69) is 0 Å². The number of hydrogen-bond donors (Lipinski definition) is 1. The highest BCUT2D eigenvalue weighted by Gasteiger charge is 2.15. The molecular formula is C9H20O3. The summed E-state index contributed by atoms with van der Waals surface area (Å²) in [7, 11) is 1.64. The highest BCUT2D eigenvalue weighted by molar-refractivity contribution is 4.63. The summed E-state index contributed by atoms with van der Waals surface area (Å²) in [4.78, 5) is 0. The summed E-state index contributed by atoms with van der Waals surface area (Å²) >= 11 is 0. The minimum Gasteiger partial charge on any atom is -0.390 e. The molecule has 0 aliphatic carbocycles. The van der Waals surface area contributed by atoms with Gasteiger partial charge < -0.3 is 14.6 Å². The van der Waals surface area contributed by atoms with Crippen LogP contribution in [0, 0.1) is 0 Å². The summed E-state index contributed by atoms with van der Waals surface area (Å²) in [6.07, 6.45) is 0.289. The third kappa shape index (κ3) is 4.70. The third-order valence-corrected chi connectivity index (χ3v) is 1.81. The predicted octanol–water partition coefficient (Wildman–Crippen LogP) is 1.20. The molecule has 0 amide bonds. The molecule has 0 aliphatic heterocycles. The molecule has 74 valence electrons. The van der Waals surface area contributed by atoms with Crippen LogP contribution in [0.25, 0.3) is 0 Å². The summed E-state index contributed by atoms with van der Waals surface area (Å²) in [6.45, 7) is 6.31. The molecule has 0 aromatic rings. The SMILES string of the molecule is CCC(O)C(C)OC(C)COC. The van der Waals surface area contributed by atoms with Crippen molar-refractivity contribution in [2.45, 2.75) is 45.5 Å². The third-order valence-electron chi connectivity index (χ3n) is 1.81. The Morgan fingerprint density at radius 2 is 1.92 bits per heavy atom. The molecule has 12 heavy (non-hydrogen) atoms. The van der Waals surface area contributed by atoms with Crippen molar-refractivity contribution in [2.24, 2.45) is 0 Å². The molecule has 0 saturated carbocycles. The van der Waals surface area contributed by atoms with Gasteiger partial charge in [-0.15, -0.1) is 0 Å². The second kappa shape index (κ2) is 6.40. The Kier molecular flexibility index (Phi) is 6.34. The van der Waals surface area contributed by atoms with E-state index in [4.69, 9.17) is 9.47 Å². The van der Waals surface area contributed by atoms with E-state index in [9.17, 15) is 5.11 Å². The van der Waals surface area contributed by atoms with Crippen LogP contribution in [0.15, 0.2) is 0 Å². The van der Waals surface area contributed by atoms with E-state index in [0.717, 1.165) is 6.42 Å². The van der Waals surface area contributed by atoms with Crippen LogP contribution in [-0.4, -0.2) is 37.1 Å². The molecular weight excluding hydrogens is 156 g/mol. The summed E-state index contributed by atoms with van der Waals surface area (Å²) in [5.74, 6) is 0. The zero-order chi connectivity index (χ0) is 9.56. The minimum atomic E-state index is -0.371. The standard InChI is InChI=1S/C9H20O3/c1-5-9(10)8(3)12-7(2)6-11-4/h7-10H,5-6H2,1-4H3. The Morgan fingerprint density at radius 3 is 2.33 bits per heavy atom. The second-order valence-corrected chi connectivity index (χ2v) is 3.08. The van der Waals surface area contributed by atoms with E-state index in [0.29, 0.717) is 6.61 Å². The number of rotatable bonds is 6. The average molecular weight is 176 g/mol. The van der Waals surface area contributed by atoms with E-state index in [1.807, 2.05) is 20.8 Å². The summed E-state index contributed by atoms with van der Waals surface area (Å²) in [6, 6.07) is 0. The molecule has 0 bridgehead atoms. The van der Waals surface area contributed by atoms with Gasteiger partial charge in [0.15, 0.2) is 0 Å². The van der Waals surface area contributed by atoms with Gasteiger partial charge in [0.2, 0.25) is 0 Å². The van der Waals surface area contributed by atoms with Crippen LogP contribution < -0.4 is 0 Å². The molecule has 3 unspecified atom stereocenters. The monoisotopic (exact) mass is 176 g/mol. The maximum absolute atomic E-state index is 9.38. The fourth-order valence-corrected chi connectivity index (χ4v) is 1.06. The summed E-state index contributed by atoms with van der Waals surface area (Å²) in [5.41, 5.74) is 0. The smallest absolute Gasteiger partial charge is 0.0810 e. The Labute approximate surface area is 74.7 Å². The van der Waals surface area contributed by atoms with Crippen LogP contribution in [-0.2, 0) is 9.47 Å². The maximum atomic E-state index is 9.38. The second-order valence-electron chi connectivity index (χ2n) is 3.08. The highest BCUT2D eigenvalue weighted by Crippen LogP contribution is 2.05. The first kappa shape index (κ1) is 11.9.